The van der Waals surface area contributed by atoms with Gasteiger partial charge in [-0.15, -0.1) is 0 Å². The molecule has 24 heavy (non-hydrogen) atoms. The molecule has 0 aliphatic heterocycles. The summed E-state index contributed by atoms with van der Waals surface area (Å²) < 4.78 is 5.49. The highest BCUT2D eigenvalue weighted by molar-refractivity contribution is 7.80. The monoisotopic (exact) mass is 340 g/mol. The molecular weight excluding hydrogens is 316 g/mol. The molecule has 0 aliphatic rings. The molecule has 4 heteroatoms. The summed E-state index contributed by atoms with van der Waals surface area (Å²) in [6.45, 7) is 9.06. The van der Waals surface area contributed by atoms with Gasteiger partial charge >= 0.3 is 0 Å². The second-order valence-electron chi connectivity index (χ2n) is 5.91. The molecule has 2 rings (SSSR count). The van der Waals surface area contributed by atoms with Gasteiger partial charge in [0.05, 0.1) is 0 Å². The largest absolute Gasteiger partial charge is 0.490 e. The van der Waals surface area contributed by atoms with Crippen molar-refractivity contribution in [2.24, 2.45) is 0 Å². The first-order valence-corrected chi connectivity index (χ1v) is 8.32. The third-order valence-corrected chi connectivity index (χ3v) is 3.94. The van der Waals surface area contributed by atoms with E-state index in [-0.39, 0.29) is 0 Å². The summed E-state index contributed by atoms with van der Waals surface area (Å²) in [5, 5.41) is 4.01. The van der Waals surface area contributed by atoms with Crippen molar-refractivity contribution in [1.29, 1.82) is 0 Å². The Balaban J connectivity index is 1.94. The number of aryl methyl sites for hydroxylation is 2. The first kappa shape index (κ1) is 18.0. The van der Waals surface area contributed by atoms with Crippen LogP contribution in [0.5, 0.6) is 5.75 Å². The molecule has 3 nitrogen and oxygen atoms in total. The van der Waals surface area contributed by atoms with Gasteiger partial charge in [-0.1, -0.05) is 30.9 Å². The predicted molar refractivity (Wildman–Crippen MR) is 106 cm³/mol. The van der Waals surface area contributed by atoms with Gasteiger partial charge < -0.3 is 15.0 Å². The SMILES string of the molecule is C=CCOc1ccc(CN(C)C(=S)Nc2cc(C)cc(C)c2)cc1. The number of thiocarbonyl (C=S) groups is 1. The topological polar surface area (TPSA) is 24.5 Å². The van der Waals surface area contributed by atoms with Gasteiger partial charge in [0.25, 0.3) is 0 Å². The van der Waals surface area contributed by atoms with Crippen LogP contribution in [0.15, 0.2) is 55.1 Å². The molecule has 0 bridgehead atoms. The summed E-state index contributed by atoms with van der Waals surface area (Å²) in [6, 6.07) is 14.4. The maximum absolute atomic E-state index is 5.51. The number of hydrogen-bond acceptors (Lipinski definition) is 2. The Morgan fingerprint density at radius 2 is 1.79 bits per heavy atom. The molecule has 0 saturated heterocycles. The Bertz CT molecular complexity index is 690. The summed E-state index contributed by atoms with van der Waals surface area (Å²) in [5.74, 6) is 0.845. The van der Waals surface area contributed by atoms with Crippen molar-refractivity contribution in [3.05, 3.63) is 71.8 Å². The highest BCUT2D eigenvalue weighted by Gasteiger charge is 2.07. The fourth-order valence-corrected chi connectivity index (χ4v) is 2.64. The van der Waals surface area contributed by atoms with Crippen molar-refractivity contribution in [2.45, 2.75) is 20.4 Å². The number of hydrogen-bond donors (Lipinski definition) is 1. The smallest absolute Gasteiger partial charge is 0.173 e. The average molecular weight is 340 g/mol. The van der Waals surface area contributed by atoms with Gasteiger partial charge in [0, 0.05) is 19.3 Å². The van der Waals surface area contributed by atoms with Crippen LogP contribution in [0.1, 0.15) is 16.7 Å². The van der Waals surface area contributed by atoms with E-state index >= 15 is 0 Å². The highest BCUT2D eigenvalue weighted by Crippen LogP contribution is 2.16. The molecule has 1 N–H and O–H groups in total. The van der Waals surface area contributed by atoms with E-state index in [2.05, 4.69) is 43.9 Å². The van der Waals surface area contributed by atoms with Gasteiger partial charge in [0.2, 0.25) is 0 Å². The first-order chi connectivity index (χ1) is 11.5. The molecule has 0 saturated carbocycles. The van der Waals surface area contributed by atoms with Crippen LogP contribution >= 0.6 is 12.2 Å². The van der Waals surface area contributed by atoms with E-state index in [1.807, 2.05) is 36.2 Å². The van der Waals surface area contributed by atoms with Crippen LogP contribution in [0.3, 0.4) is 0 Å². The normalized spacial score (nSPS) is 10.1. The number of nitrogens with one attached hydrogen (secondary N) is 1. The molecule has 0 aliphatic carbocycles. The van der Waals surface area contributed by atoms with E-state index in [4.69, 9.17) is 17.0 Å². The van der Waals surface area contributed by atoms with Crippen LogP contribution in [0.25, 0.3) is 0 Å². The Kier molecular flexibility index (Phi) is 6.38. The van der Waals surface area contributed by atoms with E-state index in [1.54, 1.807) is 6.08 Å². The molecular formula is C20H24N2OS. The molecule has 2 aromatic rings. The lowest BCUT2D eigenvalue weighted by atomic mass is 10.1. The molecule has 126 valence electrons. The molecule has 0 spiro atoms. The molecule has 0 atom stereocenters. The summed E-state index contributed by atoms with van der Waals surface area (Å²) in [7, 11) is 1.99. The van der Waals surface area contributed by atoms with Crippen molar-refractivity contribution >= 4 is 23.0 Å². The quantitative estimate of drug-likeness (QED) is 0.609. The summed E-state index contributed by atoms with van der Waals surface area (Å²) in [5.41, 5.74) is 4.64. The Morgan fingerprint density at radius 3 is 2.38 bits per heavy atom. The van der Waals surface area contributed by atoms with E-state index < -0.39 is 0 Å². The van der Waals surface area contributed by atoms with Crippen LogP contribution in [-0.2, 0) is 6.54 Å². The van der Waals surface area contributed by atoms with Crippen LogP contribution in [-0.4, -0.2) is 23.7 Å². The lowest BCUT2D eigenvalue weighted by Gasteiger charge is -2.21. The molecule has 0 fully saturated rings. The van der Waals surface area contributed by atoms with Crippen LogP contribution in [0, 0.1) is 13.8 Å². The van der Waals surface area contributed by atoms with Gasteiger partial charge in [0.15, 0.2) is 5.11 Å². The number of rotatable bonds is 6. The Hall–Kier alpha value is -2.33. The lowest BCUT2D eigenvalue weighted by molar-refractivity contribution is 0.363. The molecule has 0 heterocycles. The maximum Gasteiger partial charge on any atom is 0.173 e. The third-order valence-electron chi connectivity index (χ3n) is 3.53. The number of nitrogens with zero attached hydrogens (tertiary/aromatic N) is 1. The standard InChI is InChI=1S/C20H24N2OS/c1-5-10-23-19-8-6-17(7-9-19)14-22(4)20(24)21-18-12-15(2)11-16(3)13-18/h5-9,11-13H,1,10,14H2,2-4H3,(H,21,24). The summed E-state index contributed by atoms with van der Waals surface area (Å²) >= 11 is 5.51. The van der Waals surface area contributed by atoms with Crippen LogP contribution in [0.2, 0.25) is 0 Å². The van der Waals surface area contributed by atoms with Crippen molar-refractivity contribution in [2.75, 3.05) is 19.0 Å². The average Bonchev–Trinajstić information content (AvgIpc) is 2.53. The number of ether oxygens (including phenoxy) is 1. The summed E-state index contributed by atoms with van der Waals surface area (Å²) in [6.07, 6.45) is 1.73. The first-order valence-electron chi connectivity index (χ1n) is 7.91. The Labute approximate surface area is 150 Å². The zero-order valence-corrected chi connectivity index (χ0v) is 15.3. The van der Waals surface area contributed by atoms with Gasteiger partial charge in [-0.2, -0.15) is 0 Å². The van der Waals surface area contributed by atoms with E-state index in [0.717, 1.165) is 18.0 Å². The minimum absolute atomic E-state index is 0.517. The van der Waals surface area contributed by atoms with E-state index in [1.165, 1.54) is 16.7 Å². The van der Waals surface area contributed by atoms with Crippen molar-refractivity contribution < 1.29 is 4.74 Å². The molecule has 0 aromatic heterocycles. The Morgan fingerprint density at radius 1 is 1.17 bits per heavy atom. The second-order valence-corrected chi connectivity index (χ2v) is 6.29. The maximum atomic E-state index is 5.51. The molecule has 0 radical (unpaired) electrons. The number of anilines is 1. The van der Waals surface area contributed by atoms with Gasteiger partial charge in [-0.05, 0) is 67.0 Å². The zero-order chi connectivity index (χ0) is 17.5. The van der Waals surface area contributed by atoms with Gasteiger partial charge in [0.1, 0.15) is 12.4 Å². The second kappa shape index (κ2) is 8.50. The third kappa shape index (κ3) is 5.39. The fourth-order valence-electron chi connectivity index (χ4n) is 2.46. The highest BCUT2D eigenvalue weighted by atomic mass is 32.1. The molecule has 0 amide bonds. The molecule has 2 aromatic carbocycles. The minimum atomic E-state index is 0.517. The molecule has 0 unspecified atom stereocenters. The van der Waals surface area contributed by atoms with Crippen LogP contribution < -0.4 is 10.1 Å². The lowest BCUT2D eigenvalue weighted by Crippen LogP contribution is -2.30. The fraction of sp³-hybridized carbons (Fsp3) is 0.250. The summed E-state index contributed by atoms with van der Waals surface area (Å²) in [4.78, 5) is 2.02. The van der Waals surface area contributed by atoms with Crippen molar-refractivity contribution in [3.63, 3.8) is 0 Å². The van der Waals surface area contributed by atoms with Crippen molar-refractivity contribution in [1.82, 2.24) is 4.90 Å². The van der Waals surface area contributed by atoms with E-state index in [9.17, 15) is 0 Å². The van der Waals surface area contributed by atoms with E-state index in [0.29, 0.717) is 11.7 Å². The number of benzene rings is 2. The van der Waals surface area contributed by atoms with Crippen molar-refractivity contribution in [3.8, 4) is 5.75 Å². The zero-order valence-electron chi connectivity index (χ0n) is 14.5. The minimum Gasteiger partial charge on any atom is -0.490 e. The van der Waals surface area contributed by atoms with Gasteiger partial charge in [-0.3, -0.25) is 0 Å². The predicted octanol–water partition coefficient (Wildman–Crippen LogP) is 4.70. The van der Waals surface area contributed by atoms with Crippen LogP contribution in [0.4, 0.5) is 5.69 Å². The van der Waals surface area contributed by atoms with Gasteiger partial charge in [-0.25, -0.2) is 0 Å².